The maximum atomic E-state index is 12.8. The third kappa shape index (κ3) is 4.42. The van der Waals surface area contributed by atoms with E-state index in [2.05, 4.69) is 21.4 Å². The lowest BCUT2D eigenvalue weighted by Crippen LogP contribution is -2.50. The number of benzene rings is 1. The molecule has 0 radical (unpaired) electrons. The fraction of sp³-hybridized carbons (Fsp3) is 0.400. The Balaban J connectivity index is 1.77. The molecule has 1 fully saturated rings. The van der Waals surface area contributed by atoms with Crippen LogP contribution in [0.15, 0.2) is 24.3 Å². The van der Waals surface area contributed by atoms with E-state index in [0.717, 1.165) is 16.9 Å². The van der Waals surface area contributed by atoms with Crippen molar-refractivity contribution >= 4 is 23.5 Å². The molecule has 3 rings (SSSR count). The van der Waals surface area contributed by atoms with E-state index in [-0.39, 0.29) is 11.8 Å². The third-order valence-electron chi connectivity index (χ3n) is 4.71. The minimum Gasteiger partial charge on any atom is -0.339 e. The summed E-state index contributed by atoms with van der Waals surface area (Å²) in [6, 6.07) is 7.79. The van der Waals surface area contributed by atoms with Crippen LogP contribution in [-0.4, -0.2) is 57.8 Å². The van der Waals surface area contributed by atoms with Crippen LogP contribution in [-0.2, 0) is 4.79 Å². The molecule has 1 aromatic carbocycles. The number of rotatable bonds is 3. The highest BCUT2D eigenvalue weighted by Gasteiger charge is 2.24. The molecule has 1 aromatic heterocycles. The van der Waals surface area contributed by atoms with Crippen molar-refractivity contribution in [1.82, 2.24) is 19.8 Å². The quantitative estimate of drug-likeness (QED) is 0.902. The first kappa shape index (κ1) is 18.8. The fourth-order valence-corrected chi connectivity index (χ4v) is 3.19. The average molecular weight is 367 g/mol. The number of carbonyl (C=O) groups is 2. The van der Waals surface area contributed by atoms with E-state index in [1.54, 1.807) is 22.8 Å². The van der Waals surface area contributed by atoms with Crippen LogP contribution >= 0.6 is 0 Å². The normalized spacial score (nSPS) is 14.2. The van der Waals surface area contributed by atoms with Crippen LogP contribution in [0, 0.1) is 20.8 Å². The highest BCUT2D eigenvalue weighted by molar-refractivity contribution is 5.93. The molecule has 7 nitrogen and oxygen atoms in total. The minimum atomic E-state index is -0.132. The molecule has 1 saturated heterocycles. The fourth-order valence-electron chi connectivity index (χ4n) is 3.19. The van der Waals surface area contributed by atoms with E-state index in [1.807, 2.05) is 32.9 Å². The first-order valence-electron chi connectivity index (χ1n) is 9.08. The summed E-state index contributed by atoms with van der Waals surface area (Å²) in [6.07, 6.45) is 0. The van der Waals surface area contributed by atoms with Gasteiger partial charge in [-0.15, -0.1) is 0 Å². The van der Waals surface area contributed by atoms with Crippen LogP contribution in [0.3, 0.4) is 0 Å². The molecule has 2 amide bonds. The molecule has 142 valence electrons. The van der Waals surface area contributed by atoms with Gasteiger partial charge in [0.05, 0.1) is 0 Å². The van der Waals surface area contributed by atoms with Crippen molar-refractivity contribution in [2.45, 2.75) is 27.7 Å². The van der Waals surface area contributed by atoms with Gasteiger partial charge in [-0.1, -0.05) is 17.7 Å². The van der Waals surface area contributed by atoms with Crippen molar-refractivity contribution in [3.8, 4) is 0 Å². The van der Waals surface area contributed by atoms with Crippen LogP contribution in [0.2, 0.25) is 0 Å². The summed E-state index contributed by atoms with van der Waals surface area (Å²) in [5.41, 5.74) is 4.28. The van der Waals surface area contributed by atoms with Gasteiger partial charge in [0.2, 0.25) is 11.9 Å². The minimum absolute atomic E-state index is 0.0416. The number of aryl methyl sites for hydroxylation is 3. The zero-order valence-electron chi connectivity index (χ0n) is 16.2. The van der Waals surface area contributed by atoms with Crippen molar-refractivity contribution in [3.63, 3.8) is 0 Å². The predicted octanol–water partition coefficient (Wildman–Crippen LogP) is 2.45. The topological polar surface area (TPSA) is 78.4 Å². The molecule has 0 saturated carbocycles. The van der Waals surface area contributed by atoms with Gasteiger partial charge < -0.3 is 15.1 Å². The highest BCUT2D eigenvalue weighted by Crippen LogP contribution is 2.20. The van der Waals surface area contributed by atoms with Gasteiger partial charge >= 0.3 is 0 Å². The molecule has 0 aliphatic carbocycles. The number of piperazine rings is 1. The Kier molecular flexibility index (Phi) is 5.39. The molecule has 0 bridgehead atoms. The molecule has 2 aromatic rings. The molecular formula is C20H25N5O2. The van der Waals surface area contributed by atoms with Crippen LogP contribution < -0.4 is 5.32 Å². The Hall–Kier alpha value is -2.96. The van der Waals surface area contributed by atoms with Crippen LogP contribution in [0.4, 0.5) is 11.6 Å². The first-order valence-corrected chi connectivity index (χ1v) is 9.08. The van der Waals surface area contributed by atoms with Gasteiger partial charge in [0.15, 0.2) is 0 Å². The maximum Gasteiger partial charge on any atom is 0.272 e. The number of anilines is 2. The lowest BCUT2D eigenvalue weighted by molar-refractivity contribution is -0.130. The number of hydrogen-bond acceptors (Lipinski definition) is 5. The van der Waals surface area contributed by atoms with E-state index in [4.69, 9.17) is 0 Å². The Morgan fingerprint density at radius 2 is 1.63 bits per heavy atom. The van der Waals surface area contributed by atoms with Gasteiger partial charge in [0.25, 0.3) is 5.91 Å². The number of amides is 2. The van der Waals surface area contributed by atoms with Crippen molar-refractivity contribution in [3.05, 3.63) is 46.8 Å². The summed E-state index contributed by atoms with van der Waals surface area (Å²) in [4.78, 5) is 36.6. The largest absolute Gasteiger partial charge is 0.339 e. The van der Waals surface area contributed by atoms with E-state index in [9.17, 15) is 9.59 Å². The van der Waals surface area contributed by atoms with Gasteiger partial charge in [-0.3, -0.25) is 9.59 Å². The zero-order valence-corrected chi connectivity index (χ0v) is 16.2. The summed E-state index contributed by atoms with van der Waals surface area (Å²) in [5, 5.41) is 3.21. The molecule has 27 heavy (non-hydrogen) atoms. The predicted molar refractivity (Wildman–Crippen MR) is 104 cm³/mol. The van der Waals surface area contributed by atoms with Crippen LogP contribution in [0.1, 0.15) is 34.2 Å². The van der Waals surface area contributed by atoms with Gasteiger partial charge in [-0.05, 0) is 38.5 Å². The first-order chi connectivity index (χ1) is 12.8. The monoisotopic (exact) mass is 367 g/mol. The summed E-state index contributed by atoms with van der Waals surface area (Å²) in [7, 11) is 0. The Labute approximate surface area is 159 Å². The second-order valence-corrected chi connectivity index (χ2v) is 6.96. The van der Waals surface area contributed by atoms with E-state index < -0.39 is 0 Å². The van der Waals surface area contributed by atoms with Gasteiger partial charge in [-0.2, -0.15) is 0 Å². The second kappa shape index (κ2) is 7.73. The number of nitrogens with zero attached hydrogens (tertiary/aromatic N) is 4. The summed E-state index contributed by atoms with van der Waals surface area (Å²) in [6.45, 7) is 9.60. The second-order valence-electron chi connectivity index (χ2n) is 6.96. The number of carbonyl (C=O) groups excluding carboxylic acids is 2. The Bertz CT molecular complexity index is 873. The van der Waals surface area contributed by atoms with Gasteiger partial charge in [0, 0.05) is 44.5 Å². The standard InChI is InChI=1S/C20H25N5O2/c1-13-5-6-17(14(2)11-13)22-20-21-15(3)12-18(23-20)19(27)25-9-7-24(8-10-25)16(4)26/h5-6,11-12H,7-10H2,1-4H3,(H,21,22,23). The summed E-state index contributed by atoms with van der Waals surface area (Å²) < 4.78 is 0. The molecule has 2 heterocycles. The SMILES string of the molecule is CC(=O)N1CCN(C(=O)c2cc(C)nc(Nc3ccc(C)cc3C)n2)CC1. The van der Waals surface area contributed by atoms with E-state index in [0.29, 0.717) is 37.8 Å². The van der Waals surface area contributed by atoms with Crippen molar-refractivity contribution in [2.75, 3.05) is 31.5 Å². The van der Waals surface area contributed by atoms with Gasteiger partial charge in [0.1, 0.15) is 5.69 Å². The number of hydrogen-bond donors (Lipinski definition) is 1. The Morgan fingerprint density at radius 1 is 0.963 bits per heavy atom. The van der Waals surface area contributed by atoms with Crippen molar-refractivity contribution in [1.29, 1.82) is 0 Å². The molecule has 0 spiro atoms. The smallest absolute Gasteiger partial charge is 0.272 e. The molecule has 0 atom stereocenters. The average Bonchev–Trinajstić information content (AvgIpc) is 2.63. The lowest BCUT2D eigenvalue weighted by atomic mass is 10.1. The van der Waals surface area contributed by atoms with Crippen LogP contribution in [0.25, 0.3) is 0 Å². The van der Waals surface area contributed by atoms with E-state index in [1.165, 1.54) is 5.56 Å². The summed E-state index contributed by atoms with van der Waals surface area (Å²) >= 11 is 0. The Morgan fingerprint density at radius 3 is 2.26 bits per heavy atom. The highest BCUT2D eigenvalue weighted by atomic mass is 16.2. The zero-order chi connectivity index (χ0) is 19.6. The van der Waals surface area contributed by atoms with Crippen molar-refractivity contribution < 1.29 is 9.59 Å². The number of aromatic nitrogens is 2. The van der Waals surface area contributed by atoms with E-state index >= 15 is 0 Å². The lowest BCUT2D eigenvalue weighted by Gasteiger charge is -2.34. The van der Waals surface area contributed by atoms with Gasteiger partial charge in [-0.25, -0.2) is 9.97 Å². The summed E-state index contributed by atoms with van der Waals surface area (Å²) in [5.74, 6) is 0.319. The van der Waals surface area contributed by atoms with Crippen LogP contribution in [0.5, 0.6) is 0 Å². The molecule has 7 heteroatoms. The number of nitrogens with one attached hydrogen (secondary N) is 1. The molecule has 1 N–H and O–H groups in total. The van der Waals surface area contributed by atoms with Crippen molar-refractivity contribution in [2.24, 2.45) is 0 Å². The molecular weight excluding hydrogens is 342 g/mol. The maximum absolute atomic E-state index is 12.8. The third-order valence-corrected chi connectivity index (χ3v) is 4.71. The molecule has 0 unspecified atom stereocenters. The molecule has 1 aliphatic rings. The molecule has 1 aliphatic heterocycles.